The number of ether oxygens (including phenoxy) is 1. The lowest BCUT2D eigenvalue weighted by Crippen LogP contribution is -2.23. The summed E-state index contributed by atoms with van der Waals surface area (Å²) in [5.74, 6) is 7.26. The van der Waals surface area contributed by atoms with Gasteiger partial charge in [0.05, 0.1) is 17.2 Å². The molecule has 0 radical (unpaired) electrons. The second kappa shape index (κ2) is 56.1. The van der Waals surface area contributed by atoms with Gasteiger partial charge in [0, 0.05) is 32.7 Å². The normalized spacial score (nSPS) is 12.2. The third-order valence-corrected chi connectivity index (χ3v) is 20.5. The summed E-state index contributed by atoms with van der Waals surface area (Å²) < 4.78 is 82.5. The third-order valence-electron chi connectivity index (χ3n) is 19.1. The predicted molar refractivity (Wildman–Crippen MR) is 477 cm³/mol. The highest BCUT2D eigenvalue weighted by Gasteiger charge is 2.18. The monoisotopic (exact) mass is 1640 g/mol. The molecule has 5 atom stereocenters. The fourth-order valence-corrected chi connectivity index (χ4v) is 12.8. The first kappa shape index (κ1) is 104. The minimum Gasteiger partial charge on any atom is -0.496 e. The van der Waals surface area contributed by atoms with Gasteiger partial charge in [-0.05, 0) is 265 Å². The number of methoxy groups -OCH3 is 1. The van der Waals surface area contributed by atoms with Crippen LogP contribution in [0.3, 0.4) is 0 Å². The van der Waals surface area contributed by atoms with Crippen molar-refractivity contribution in [3.8, 4) is 5.75 Å². The van der Waals surface area contributed by atoms with Gasteiger partial charge in [-0.15, -0.1) is 0 Å². The minimum absolute atomic E-state index is 0.136. The van der Waals surface area contributed by atoms with Crippen molar-refractivity contribution >= 4 is 58.0 Å². The maximum atomic E-state index is 13.3. The standard InChI is InChI=1S/C13H21N.C12H17Cl.C11H14ClF.C11H15Cl.C11H15FO.C11H15F.2C10H12ClF.C10H13F/c1-11(2)13(10-14(3)4)12-8-6-5-7-9-12;1-4-12(9(2)3)10-5-7-11(13)8-6-10;1-7(2)8(3)9-4-5-11(13)10(12)6-9;1-8(2)9(3)10-5-4-6-11(12)7-10;1-8(2)7-9-10(12)5-4-6-11(9)13-3;1-8(2)9(3)10-5-4-6-11(12)7-10;1-7(2)5-8-3-4-10(12)9(11)6-8;1-7(2)6-8-9(11)4-3-5-10(8)12;1-8(2)6-9-4-3-5-10(11)7-9/h5-9,11,13H,10H2,1-4H3;5-9,12H,4H2,1-3H3;4-8H,1-3H3;4-9H,1-3H3;4-6,8H,7H2,1-3H3;4-9H,1-3H3;3-4,6-7H,5H2,1-2H3;3-5,7H,6H2,1-2H3;3-5,7-8H,6H2,1-2H3/t13-;12-;8-;9-;;9-;;;/m1000.0.../s1. The van der Waals surface area contributed by atoms with Crippen molar-refractivity contribution in [2.24, 2.45) is 53.3 Å². The molecule has 112 heavy (non-hydrogen) atoms. The van der Waals surface area contributed by atoms with Crippen LogP contribution in [0, 0.1) is 88.2 Å². The maximum absolute atomic E-state index is 13.3. The Bertz CT molecular complexity index is 3910. The van der Waals surface area contributed by atoms with Crippen LogP contribution in [0.1, 0.15) is 238 Å². The smallest absolute Gasteiger partial charge is 0.141 e. The van der Waals surface area contributed by atoms with Crippen molar-refractivity contribution in [2.45, 2.75) is 214 Å². The van der Waals surface area contributed by atoms with Crippen molar-refractivity contribution in [3.05, 3.63) is 310 Å². The molecule has 13 heteroatoms. The lowest BCUT2D eigenvalue weighted by Gasteiger charge is -2.24. The van der Waals surface area contributed by atoms with Crippen LogP contribution in [-0.2, 0) is 25.7 Å². The molecular weight excluding hydrogens is 1510 g/mol. The molecule has 0 bridgehead atoms. The van der Waals surface area contributed by atoms with Crippen molar-refractivity contribution in [1.29, 1.82) is 0 Å². The topological polar surface area (TPSA) is 12.5 Å². The molecule has 618 valence electrons. The fourth-order valence-electron chi connectivity index (χ4n) is 11.9. The Labute approximate surface area is 700 Å². The van der Waals surface area contributed by atoms with E-state index in [4.69, 9.17) is 62.7 Å². The number of rotatable bonds is 22. The number of hydrogen-bond donors (Lipinski definition) is 0. The number of benzene rings is 9. The van der Waals surface area contributed by atoms with Gasteiger partial charge in [0.1, 0.15) is 40.7 Å². The van der Waals surface area contributed by atoms with Gasteiger partial charge in [0.2, 0.25) is 0 Å². The van der Waals surface area contributed by atoms with Gasteiger partial charge in [-0.3, -0.25) is 0 Å². The summed E-state index contributed by atoms with van der Waals surface area (Å²) in [7, 11) is 5.84. The zero-order valence-corrected chi connectivity index (χ0v) is 75.7. The van der Waals surface area contributed by atoms with Crippen molar-refractivity contribution in [2.75, 3.05) is 27.7 Å². The van der Waals surface area contributed by atoms with Crippen LogP contribution in [0.5, 0.6) is 5.75 Å². The summed E-state index contributed by atoms with van der Waals surface area (Å²) in [4.78, 5) is 2.26. The molecule has 0 aliphatic rings. The summed E-state index contributed by atoms with van der Waals surface area (Å²) >= 11 is 28.9. The Balaban J connectivity index is 0.000000630. The van der Waals surface area contributed by atoms with E-state index in [1.807, 2.05) is 56.3 Å². The fraction of sp³-hybridized carbons (Fsp3) is 0.455. The Morgan fingerprint density at radius 1 is 0.312 bits per heavy atom. The van der Waals surface area contributed by atoms with E-state index in [1.54, 1.807) is 79.9 Å². The quantitative estimate of drug-likeness (QED) is 0.0627. The van der Waals surface area contributed by atoms with Crippen LogP contribution < -0.4 is 4.74 Å². The number of likely N-dealkylation sites (N-methyl/N-ethyl adjacent to an activating group) is 1. The largest absolute Gasteiger partial charge is 0.496 e. The molecular formula is C99H134Cl5F6NO. The molecule has 9 aromatic carbocycles. The molecule has 0 unspecified atom stereocenters. The summed E-state index contributed by atoms with van der Waals surface area (Å²) in [5, 5.41) is 2.62. The summed E-state index contributed by atoms with van der Waals surface area (Å²) in [6.07, 6.45) is 4.51. The van der Waals surface area contributed by atoms with E-state index in [9.17, 15) is 26.3 Å². The molecule has 0 aliphatic heterocycles. The lowest BCUT2D eigenvalue weighted by molar-refractivity contribution is 0.330. The molecule has 9 aromatic rings. The average molecular weight is 1650 g/mol. The third kappa shape index (κ3) is 42.9. The first-order valence-electron chi connectivity index (χ1n) is 39.9. The van der Waals surface area contributed by atoms with E-state index in [0.717, 1.165) is 58.1 Å². The van der Waals surface area contributed by atoms with Crippen LogP contribution >= 0.6 is 58.0 Å². The lowest BCUT2D eigenvalue weighted by atomic mass is 9.86. The van der Waals surface area contributed by atoms with Gasteiger partial charge < -0.3 is 9.64 Å². The van der Waals surface area contributed by atoms with E-state index < -0.39 is 0 Å². The van der Waals surface area contributed by atoms with Gasteiger partial charge in [0.25, 0.3) is 0 Å². The van der Waals surface area contributed by atoms with Crippen LogP contribution in [-0.4, -0.2) is 32.6 Å². The Kier molecular flexibility index (Phi) is 52.0. The molecule has 0 saturated heterocycles. The zero-order valence-electron chi connectivity index (χ0n) is 71.9. The Morgan fingerprint density at radius 3 is 1.12 bits per heavy atom. The maximum Gasteiger partial charge on any atom is 0.141 e. The van der Waals surface area contributed by atoms with E-state index in [2.05, 4.69) is 206 Å². The van der Waals surface area contributed by atoms with E-state index in [-0.39, 0.29) is 44.9 Å². The summed E-state index contributed by atoms with van der Waals surface area (Å²) in [6, 6.07) is 60.3. The highest BCUT2D eigenvalue weighted by molar-refractivity contribution is 6.32. The van der Waals surface area contributed by atoms with Crippen LogP contribution in [0.2, 0.25) is 25.1 Å². The molecule has 0 aromatic heterocycles. The summed E-state index contributed by atoms with van der Waals surface area (Å²) in [5.41, 5.74) is 9.87. The number of halogens is 11. The van der Waals surface area contributed by atoms with Gasteiger partial charge in [-0.25, -0.2) is 26.3 Å². The van der Waals surface area contributed by atoms with Crippen LogP contribution in [0.15, 0.2) is 200 Å². The van der Waals surface area contributed by atoms with Crippen molar-refractivity contribution in [3.63, 3.8) is 0 Å². The molecule has 0 saturated carbocycles. The molecule has 0 fully saturated rings. The van der Waals surface area contributed by atoms with E-state index >= 15 is 0 Å². The van der Waals surface area contributed by atoms with Gasteiger partial charge >= 0.3 is 0 Å². The predicted octanol–water partition coefficient (Wildman–Crippen LogP) is 32.8. The highest BCUT2D eigenvalue weighted by atomic mass is 35.5. The average Bonchev–Trinajstić information content (AvgIpc) is 0.856. The molecule has 0 amide bonds. The molecule has 2 nitrogen and oxygen atoms in total. The summed E-state index contributed by atoms with van der Waals surface area (Å²) in [6.45, 7) is 48.7. The zero-order chi connectivity index (χ0) is 85.1. The second-order valence-corrected chi connectivity index (χ2v) is 34.7. The van der Waals surface area contributed by atoms with Crippen LogP contribution in [0.4, 0.5) is 26.3 Å². The number of nitrogens with zero attached hydrogens (tertiary/aromatic N) is 1. The Hall–Kier alpha value is -6.23. The molecule has 0 spiro atoms. The van der Waals surface area contributed by atoms with E-state index in [1.165, 1.54) is 59.5 Å². The van der Waals surface area contributed by atoms with Gasteiger partial charge in [-0.2, -0.15) is 0 Å². The molecule has 9 rings (SSSR count). The first-order valence-corrected chi connectivity index (χ1v) is 41.8. The highest BCUT2D eigenvalue weighted by Crippen LogP contribution is 2.32. The number of hydrogen-bond acceptors (Lipinski definition) is 2. The first-order chi connectivity index (χ1) is 52.5. The minimum atomic E-state index is -0.346. The Morgan fingerprint density at radius 2 is 0.705 bits per heavy atom. The van der Waals surface area contributed by atoms with Gasteiger partial charge in [0.15, 0.2) is 0 Å². The van der Waals surface area contributed by atoms with Crippen LogP contribution in [0.25, 0.3) is 0 Å². The SMILES string of the molecule is CC(C)Cc1c(F)cccc1Cl.CC(C)Cc1ccc(F)c(Cl)c1.CC(C)Cc1cccc(F)c1.CC(C)[C@@H](CN(C)C)c1ccccc1.CC(C)[C@H](C)c1ccc(F)c(Cl)c1.CC(C)[C@H](C)c1cccc(Cl)c1.CC(C)[C@H](C)c1cccc(F)c1.CC[C@H](c1ccc(Cl)cc1)C(C)C.COc1cccc(F)c1CC(C)C. The van der Waals surface area contributed by atoms with Crippen molar-refractivity contribution in [1.82, 2.24) is 4.90 Å². The van der Waals surface area contributed by atoms with Crippen molar-refractivity contribution < 1.29 is 31.1 Å². The van der Waals surface area contributed by atoms with E-state index in [0.29, 0.717) is 111 Å². The molecule has 0 heterocycles. The molecule has 0 N–H and O–H groups in total. The van der Waals surface area contributed by atoms with Gasteiger partial charge in [-0.1, -0.05) is 313 Å². The molecule has 0 aliphatic carbocycles. The second-order valence-electron chi connectivity index (χ2n) is 32.6.